The topological polar surface area (TPSA) is 55.5 Å². The maximum absolute atomic E-state index is 10.4. The molecule has 3 N–H and O–H groups in total. The summed E-state index contributed by atoms with van der Waals surface area (Å²) in [4.78, 5) is 0. The van der Waals surface area contributed by atoms with E-state index in [1.807, 2.05) is 24.3 Å². The van der Waals surface area contributed by atoms with Crippen LogP contribution >= 0.6 is 0 Å². The van der Waals surface area contributed by atoms with Crippen LogP contribution in [-0.4, -0.2) is 18.3 Å². The van der Waals surface area contributed by atoms with Crippen LogP contribution < -0.4 is 10.5 Å². The number of hydrogen-bond donors (Lipinski definition) is 2. The van der Waals surface area contributed by atoms with E-state index < -0.39 is 5.60 Å². The maximum Gasteiger partial charge on any atom is 0.119 e. The van der Waals surface area contributed by atoms with Crippen molar-refractivity contribution < 1.29 is 9.84 Å². The van der Waals surface area contributed by atoms with E-state index in [-0.39, 0.29) is 0 Å². The molecule has 3 heteroatoms. The lowest BCUT2D eigenvalue weighted by Gasteiger charge is -2.23. The Bertz CT molecular complexity index is 346. The fourth-order valence-electron chi connectivity index (χ4n) is 2.30. The van der Waals surface area contributed by atoms with Crippen LogP contribution in [-0.2, 0) is 5.60 Å². The lowest BCUT2D eigenvalue weighted by molar-refractivity contribution is 0.0442. The molecule has 0 aromatic heterocycles. The molecule has 0 spiro atoms. The minimum absolute atomic E-state index is 0.508. The van der Waals surface area contributed by atoms with Crippen LogP contribution in [0.25, 0.3) is 0 Å². The van der Waals surface area contributed by atoms with E-state index in [1.165, 1.54) is 0 Å². The Morgan fingerprint density at radius 2 is 2.06 bits per heavy atom. The van der Waals surface area contributed by atoms with Crippen molar-refractivity contribution in [3.05, 3.63) is 29.8 Å². The first kappa shape index (κ1) is 11.4. The number of hydrogen-bond acceptors (Lipinski definition) is 3. The molecule has 0 amide bonds. The van der Waals surface area contributed by atoms with Crippen LogP contribution in [0.5, 0.6) is 5.75 Å². The monoisotopic (exact) mass is 221 g/mol. The zero-order chi connectivity index (χ0) is 11.4. The van der Waals surface area contributed by atoms with Crippen molar-refractivity contribution >= 4 is 0 Å². The van der Waals surface area contributed by atoms with Crippen LogP contribution in [0.1, 0.15) is 31.2 Å². The standard InChI is InChI=1S/C13H19NO2/c14-8-9-16-12-5-3-4-11(10-12)13(15)6-1-2-7-13/h3-5,10,15H,1-2,6-9,14H2. The molecule has 1 aliphatic rings. The molecule has 1 aliphatic carbocycles. The molecule has 1 fully saturated rings. The molecule has 3 nitrogen and oxygen atoms in total. The van der Waals surface area contributed by atoms with E-state index in [2.05, 4.69) is 0 Å². The van der Waals surface area contributed by atoms with E-state index >= 15 is 0 Å². The Hall–Kier alpha value is -1.06. The molecule has 0 saturated heterocycles. The smallest absolute Gasteiger partial charge is 0.119 e. The Morgan fingerprint density at radius 1 is 1.31 bits per heavy atom. The molecule has 0 radical (unpaired) electrons. The number of ether oxygens (including phenoxy) is 1. The summed E-state index contributed by atoms with van der Waals surface area (Å²) < 4.78 is 5.46. The number of nitrogens with two attached hydrogens (primary N) is 1. The summed E-state index contributed by atoms with van der Waals surface area (Å²) in [6, 6.07) is 7.73. The summed E-state index contributed by atoms with van der Waals surface area (Å²) in [6.45, 7) is 1.02. The maximum atomic E-state index is 10.4. The molecular formula is C13H19NO2. The summed E-state index contributed by atoms with van der Waals surface area (Å²) in [6.07, 6.45) is 3.91. The lowest BCUT2D eigenvalue weighted by atomic mass is 9.92. The van der Waals surface area contributed by atoms with Crippen LogP contribution in [0.3, 0.4) is 0 Å². The second-order valence-corrected chi connectivity index (χ2v) is 4.40. The largest absolute Gasteiger partial charge is 0.492 e. The molecule has 0 aliphatic heterocycles. The van der Waals surface area contributed by atoms with Crippen molar-refractivity contribution in [3.63, 3.8) is 0 Å². The lowest BCUT2D eigenvalue weighted by Crippen LogP contribution is -2.20. The first-order valence-corrected chi connectivity index (χ1v) is 5.90. The second-order valence-electron chi connectivity index (χ2n) is 4.40. The zero-order valence-corrected chi connectivity index (χ0v) is 9.48. The van der Waals surface area contributed by atoms with E-state index in [4.69, 9.17) is 10.5 Å². The average molecular weight is 221 g/mol. The SMILES string of the molecule is NCCOc1cccc(C2(O)CCCC2)c1. The van der Waals surface area contributed by atoms with Gasteiger partial charge < -0.3 is 15.6 Å². The molecule has 0 heterocycles. The zero-order valence-electron chi connectivity index (χ0n) is 9.48. The van der Waals surface area contributed by atoms with Crippen LogP contribution in [0.4, 0.5) is 0 Å². The molecule has 1 aromatic carbocycles. The summed E-state index contributed by atoms with van der Waals surface area (Å²) in [7, 11) is 0. The van der Waals surface area contributed by atoms with E-state index in [9.17, 15) is 5.11 Å². The molecule has 0 unspecified atom stereocenters. The quantitative estimate of drug-likeness (QED) is 0.815. The fraction of sp³-hybridized carbons (Fsp3) is 0.538. The highest BCUT2D eigenvalue weighted by molar-refractivity contribution is 5.32. The van der Waals surface area contributed by atoms with E-state index in [1.54, 1.807) is 0 Å². The molecule has 88 valence electrons. The molecule has 16 heavy (non-hydrogen) atoms. The van der Waals surface area contributed by atoms with Gasteiger partial charge in [0.25, 0.3) is 0 Å². The molecule has 0 bridgehead atoms. The minimum atomic E-state index is -0.637. The fourth-order valence-corrected chi connectivity index (χ4v) is 2.30. The van der Waals surface area contributed by atoms with Crippen LogP contribution in [0.15, 0.2) is 24.3 Å². The molecule has 1 aromatic rings. The molecule has 0 atom stereocenters. The average Bonchev–Trinajstić information content (AvgIpc) is 2.75. The molecule has 2 rings (SSSR count). The third-order valence-corrected chi connectivity index (χ3v) is 3.19. The number of aliphatic hydroxyl groups is 1. The first-order valence-electron chi connectivity index (χ1n) is 5.90. The van der Waals surface area contributed by atoms with Gasteiger partial charge in [-0.05, 0) is 30.5 Å². The third-order valence-electron chi connectivity index (χ3n) is 3.19. The van der Waals surface area contributed by atoms with E-state index in [0.717, 1.165) is 37.0 Å². The van der Waals surface area contributed by atoms with Gasteiger partial charge in [0.05, 0.1) is 5.60 Å². The van der Waals surface area contributed by atoms with Gasteiger partial charge in [-0.1, -0.05) is 25.0 Å². The first-order chi connectivity index (χ1) is 7.74. The Morgan fingerprint density at radius 3 is 2.75 bits per heavy atom. The van der Waals surface area contributed by atoms with Crippen molar-refractivity contribution in [2.24, 2.45) is 5.73 Å². The van der Waals surface area contributed by atoms with Gasteiger partial charge in [0, 0.05) is 6.54 Å². The Kier molecular flexibility index (Phi) is 3.46. The number of rotatable bonds is 4. The van der Waals surface area contributed by atoms with Gasteiger partial charge in [0.2, 0.25) is 0 Å². The van der Waals surface area contributed by atoms with Crippen molar-refractivity contribution in [1.29, 1.82) is 0 Å². The Balaban J connectivity index is 2.15. The highest BCUT2D eigenvalue weighted by Crippen LogP contribution is 2.39. The summed E-state index contributed by atoms with van der Waals surface area (Å²) >= 11 is 0. The van der Waals surface area contributed by atoms with Gasteiger partial charge in [-0.15, -0.1) is 0 Å². The predicted octanol–water partition coefficient (Wildman–Crippen LogP) is 1.79. The van der Waals surface area contributed by atoms with Crippen molar-refractivity contribution in [3.8, 4) is 5.75 Å². The highest BCUT2D eigenvalue weighted by Gasteiger charge is 2.32. The van der Waals surface area contributed by atoms with Gasteiger partial charge in [-0.2, -0.15) is 0 Å². The molecular weight excluding hydrogens is 202 g/mol. The van der Waals surface area contributed by atoms with Crippen LogP contribution in [0.2, 0.25) is 0 Å². The van der Waals surface area contributed by atoms with Gasteiger partial charge in [0.1, 0.15) is 12.4 Å². The van der Waals surface area contributed by atoms with Crippen molar-refractivity contribution in [2.75, 3.05) is 13.2 Å². The van der Waals surface area contributed by atoms with Crippen LogP contribution in [0, 0.1) is 0 Å². The number of benzene rings is 1. The van der Waals surface area contributed by atoms with E-state index in [0.29, 0.717) is 13.2 Å². The predicted molar refractivity (Wildman–Crippen MR) is 63.4 cm³/mol. The second kappa shape index (κ2) is 4.85. The Labute approximate surface area is 96.2 Å². The van der Waals surface area contributed by atoms with Gasteiger partial charge >= 0.3 is 0 Å². The minimum Gasteiger partial charge on any atom is -0.492 e. The summed E-state index contributed by atoms with van der Waals surface area (Å²) in [5.41, 5.74) is 5.72. The third kappa shape index (κ3) is 2.36. The highest BCUT2D eigenvalue weighted by atomic mass is 16.5. The van der Waals surface area contributed by atoms with Gasteiger partial charge in [0.15, 0.2) is 0 Å². The van der Waals surface area contributed by atoms with Gasteiger partial charge in [-0.25, -0.2) is 0 Å². The van der Waals surface area contributed by atoms with Gasteiger partial charge in [-0.3, -0.25) is 0 Å². The van der Waals surface area contributed by atoms with Crippen molar-refractivity contribution in [1.82, 2.24) is 0 Å². The normalized spacial score (nSPS) is 18.6. The van der Waals surface area contributed by atoms with Crippen molar-refractivity contribution in [2.45, 2.75) is 31.3 Å². The summed E-state index contributed by atoms with van der Waals surface area (Å²) in [5.74, 6) is 0.795. The molecule has 1 saturated carbocycles. The summed E-state index contributed by atoms with van der Waals surface area (Å²) in [5, 5.41) is 10.4.